The minimum atomic E-state index is -6.43. The molecule has 9 aromatic carbocycles. The van der Waals surface area contributed by atoms with Crippen molar-refractivity contribution >= 4 is 143 Å². The number of hydrogen-bond donors (Lipinski definition) is 4. The average Bonchev–Trinajstić information content (AvgIpc) is 1.12. The van der Waals surface area contributed by atoms with Gasteiger partial charge in [-0.3, -0.25) is 0 Å². The van der Waals surface area contributed by atoms with Gasteiger partial charge in [0.25, 0.3) is 0 Å². The van der Waals surface area contributed by atoms with Crippen LogP contribution in [0.15, 0.2) is 206 Å². The summed E-state index contributed by atoms with van der Waals surface area (Å²) in [5.74, 6) is -16.2. The summed E-state index contributed by atoms with van der Waals surface area (Å²) in [5, 5.41) is 8.49. The summed E-state index contributed by atoms with van der Waals surface area (Å²) in [6, 6.07) is 19.7. The number of hydrogen-bond acceptors (Lipinski definition) is 15. The number of alkyl halides is 18. The van der Waals surface area contributed by atoms with Crippen LogP contribution in [0.2, 0.25) is 0 Å². The third kappa shape index (κ3) is 14.9. The molecule has 8 atom stereocenters. The molecular formula is C85H56B6F18N6O15. The van der Waals surface area contributed by atoms with Crippen molar-refractivity contribution in [3.8, 4) is 28.7 Å². The van der Waals surface area contributed by atoms with Crippen molar-refractivity contribution in [1.82, 2.24) is 0 Å². The predicted molar refractivity (Wildman–Crippen MR) is 435 cm³/mol. The van der Waals surface area contributed by atoms with Crippen LogP contribution in [0.5, 0.6) is 28.7 Å². The van der Waals surface area contributed by atoms with Gasteiger partial charge in [0.2, 0.25) is 0 Å². The van der Waals surface area contributed by atoms with Crippen molar-refractivity contribution in [2.24, 2.45) is 47.3 Å². The Labute approximate surface area is 725 Å². The van der Waals surface area contributed by atoms with Gasteiger partial charge in [0.05, 0.1) is 0 Å². The molecule has 2 saturated carbocycles. The molecule has 2 heterocycles. The first kappa shape index (κ1) is 91.1. The molecule has 660 valence electrons. The van der Waals surface area contributed by atoms with Gasteiger partial charge in [0.15, 0.2) is 0 Å². The van der Waals surface area contributed by atoms with Crippen LogP contribution in [-0.2, 0) is 49.5 Å². The molecule has 0 aromatic heterocycles. The number of carbonyl (C=O) groups is 8. The summed E-state index contributed by atoms with van der Waals surface area (Å²) in [6.07, 6.45) is -30.6. The molecule has 0 spiro atoms. The van der Waals surface area contributed by atoms with Gasteiger partial charge in [-0.05, 0) is 6.42 Å². The molecule has 21 nitrogen and oxygen atoms in total. The van der Waals surface area contributed by atoms with Crippen LogP contribution in [0.4, 0.5) is 113 Å². The van der Waals surface area contributed by atoms with Gasteiger partial charge < -0.3 is 0 Å². The first-order valence-corrected chi connectivity index (χ1v) is 38.9. The Balaban J connectivity index is 0.643. The second-order valence-corrected chi connectivity index (χ2v) is 31.3. The maximum absolute atomic E-state index is 16.0. The third-order valence-electron chi connectivity index (χ3n) is 24.5. The van der Waals surface area contributed by atoms with E-state index in [4.69, 9.17) is 18.7 Å². The number of ether oxygens (including phenoxy) is 1. The number of fused-ring (bicyclic) bond motifs is 10. The van der Waals surface area contributed by atoms with Gasteiger partial charge >= 0.3 is 710 Å². The molecule has 130 heavy (non-hydrogen) atoms. The number of amides is 8. The van der Waals surface area contributed by atoms with E-state index in [0.29, 0.717) is 114 Å². The Morgan fingerprint density at radius 2 is 0.585 bits per heavy atom. The van der Waals surface area contributed by atoms with Crippen LogP contribution in [0.25, 0.3) is 0 Å². The van der Waals surface area contributed by atoms with Crippen molar-refractivity contribution < 1.29 is 150 Å². The fourth-order valence-corrected chi connectivity index (χ4v) is 18.5. The van der Waals surface area contributed by atoms with Gasteiger partial charge in [0.1, 0.15) is 0 Å². The van der Waals surface area contributed by atoms with Crippen molar-refractivity contribution in [2.45, 2.75) is 66.1 Å². The number of anilines is 6. The predicted octanol–water partition coefficient (Wildman–Crippen LogP) is 12.1. The second-order valence-electron chi connectivity index (χ2n) is 31.3. The van der Waals surface area contributed by atoms with Crippen molar-refractivity contribution in [3.63, 3.8) is 0 Å². The molecule has 8 unspecified atom stereocenters. The van der Waals surface area contributed by atoms with Crippen molar-refractivity contribution in [2.75, 3.05) is 31.1 Å². The molecule has 0 radical (unpaired) electrons. The summed E-state index contributed by atoms with van der Waals surface area (Å²) in [5.41, 5.74) is -34.1. The quantitative estimate of drug-likeness (QED) is 0.0189. The number of carbonyl (C=O) groups excluding carboxylic acids is 8. The van der Waals surface area contributed by atoms with Crippen LogP contribution >= 0.6 is 0 Å². The molecule has 2 saturated heterocycles. The van der Waals surface area contributed by atoms with Crippen molar-refractivity contribution in [3.05, 3.63) is 262 Å². The number of allylic oxidation sites excluding steroid dienone is 4. The van der Waals surface area contributed by atoms with E-state index < -0.39 is 260 Å². The first-order valence-electron chi connectivity index (χ1n) is 38.9. The topological polar surface area (TPSA) is 279 Å². The Morgan fingerprint density at radius 1 is 0.315 bits per heavy atom. The summed E-state index contributed by atoms with van der Waals surface area (Å²) in [6.45, 7) is 0. The van der Waals surface area contributed by atoms with E-state index in [0.717, 1.165) is 90.9 Å². The van der Waals surface area contributed by atoms with Crippen LogP contribution in [0, 0.1) is 47.3 Å². The van der Waals surface area contributed by atoms with Crippen LogP contribution in [-0.4, -0.2) is 130 Å². The second kappa shape index (κ2) is 33.1. The zero-order chi connectivity index (χ0) is 94.0. The average molecular weight is 1810 g/mol. The van der Waals surface area contributed by atoms with Crippen LogP contribution in [0.1, 0.15) is 87.7 Å². The number of rotatable bonds is 24. The van der Waals surface area contributed by atoms with Crippen LogP contribution < -0.4 is 66.2 Å². The standard InChI is InChI=1S/C85H56B6F18N6O15/c86-128-62-26-16-48(79(84(104,105)106,85(107,108)109)49-14-24-55(91-126)60(35-49)114-73(120)65-39-4-5-40(28-39)66(65)74(114)121)34-58(62)112-70(117)38-10-20-52(21-11-38)127-51-18-8-37(9-19-51)69(116)110-56-31-45(12-22-53(56)89-124)77(80(92,93)94,81(95,96)97)47-15-25-63(129-87)59(33-47)113-72(119)44-3-1-2-43(30-44)71(118)111-57-32-46(13-23-54(57)90-125)78(82(98,99)100,83(101,102)103)50-17-27-64(130-88)61(36-50)115-75(122)67-41-6-7-42(29-41)68(67)76(115)123/h1-27,30-36,39-42,65-68H,28-29,86-88H2,(H,110,116)(H,111,118)(H,112,117)(H,113,119). The van der Waals surface area contributed by atoms with E-state index in [1.54, 1.807) is 24.3 Å². The monoisotopic (exact) mass is 1810 g/mol. The van der Waals surface area contributed by atoms with Gasteiger partial charge in [-0.1, -0.05) is 12.2 Å². The van der Waals surface area contributed by atoms with Gasteiger partial charge in [-0.25, -0.2) is 0 Å². The number of nitrogens with zero attached hydrogens (tertiary/aromatic N) is 2. The van der Waals surface area contributed by atoms with E-state index in [9.17, 15) is 52.5 Å². The Hall–Kier alpha value is -13.7. The fraction of sp³-hybridized carbons (Fsp3) is 0.224. The Bertz CT molecular complexity index is 6210. The number of benzene rings is 9. The van der Waals surface area contributed by atoms with E-state index in [1.807, 2.05) is 5.32 Å². The molecular weight excluding hydrogens is 1750 g/mol. The van der Waals surface area contributed by atoms with Crippen molar-refractivity contribution in [1.29, 1.82) is 0 Å². The molecule has 4 N–H and O–H groups in total. The summed E-state index contributed by atoms with van der Waals surface area (Å²) < 4.78 is 345. The molecule has 4 fully saturated rings. The zero-order valence-corrected chi connectivity index (χ0v) is 66.7. The first-order chi connectivity index (χ1) is 61.3. The minimum absolute atomic E-state index is 0.0255. The molecule has 8 amide bonds. The van der Waals surface area contributed by atoms with E-state index in [-0.39, 0.29) is 68.3 Å². The summed E-state index contributed by atoms with van der Waals surface area (Å²) in [4.78, 5) is 112. The molecule has 6 aliphatic rings. The maximum atomic E-state index is 16.0. The van der Waals surface area contributed by atoms with E-state index >= 15 is 79.0 Å². The molecule has 9 aromatic rings. The van der Waals surface area contributed by atoms with E-state index in [2.05, 4.69) is 16.0 Å². The van der Waals surface area contributed by atoms with Gasteiger partial charge in [0, 0.05) is 0 Å². The van der Waals surface area contributed by atoms with E-state index in [1.165, 1.54) is 0 Å². The summed E-state index contributed by atoms with van der Waals surface area (Å²) in [7, 11) is 2.85. The molecule has 2 aliphatic heterocycles. The fourth-order valence-electron chi connectivity index (χ4n) is 18.5. The Kier molecular flexibility index (Phi) is 23.2. The Morgan fingerprint density at radius 3 is 0.900 bits per heavy atom. The number of imide groups is 2. The molecule has 4 bridgehead atoms. The zero-order valence-electron chi connectivity index (χ0n) is 66.7. The molecule has 45 heteroatoms. The molecule has 15 rings (SSSR count). The number of nitrogens with one attached hydrogen (secondary N) is 4. The molecule has 4 aliphatic carbocycles. The van der Waals surface area contributed by atoms with Crippen LogP contribution in [0.3, 0.4) is 0 Å². The van der Waals surface area contributed by atoms with Gasteiger partial charge in [-0.15, -0.1) is 0 Å². The number of halogens is 18. The normalized spacial score (nSPS) is 19.4. The third-order valence-corrected chi connectivity index (χ3v) is 24.5. The van der Waals surface area contributed by atoms with Gasteiger partial charge in [-0.2, -0.15) is 0 Å². The SMILES string of the molecule is BOc1ccc(C(c2ccc(B=O)c(NC(=O)c3ccc(Oc4ccc(C(=O)Nc5cc(C(c6ccc(B=O)c(N7C(=O)C8C9C=CC(C9)C8C7=O)c6)(C(F)(F)F)C(F)(F)F)ccc5OB)cc4)cc3)c2)(C(F)(F)F)C(F)(F)F)cc1NC(=O)c1cccc(C(=O)Nc2cc(C(c3ccc(OB)c(N4C(=O)C5C6C=CC(C6)C5C4=O)c3)(C(F)(F)F)C(F)(F)F)ccc2B=O)c1. The summed E-state index contributed by atoms with van der Waals surface area (Å²) >= 11 is 0.